The Kier molecular flexibility index (Phi) is 5.78. The monoisotopic (exact) mass is 363 g/mol. The average Bonchev–Trinajstić information content (AvgIpc) is 3.30. The molecule has 0 fully saturated rings. The molecule has 0 aliphatic heterocycles. The summed E-state index contributed by atoms with van der Waals surface area (Å²) in [5, 5.41) is 4.91. The highest BCUT2D eigenvalue weighted by Gasteiger charge is 2.30. The molecule has 27 heavy (non-hydrogen) atoms. The zero-order chi connectivity index (χ0) is 18.5. The molecular weight excluding hydrogens is 334 g/mol. The minimum absolute atomic E-state index is 0.583. The van der Waals surface area contributed by atoms with Gasteiger partial charge >= 0.3 is 0 Å². The molecule has 1 N–H and O–H groups in total. The third-order valence-electron chi connectivity index (χ3n) is 5.66. The fourth-order valence-electron chi connectivity index (χ4n) is 4.34. The first-order valence-electron chi connectivity index (χ1n) is 10.3. The zero-order valence-corrected chi connectivity index (χ0v) is 16.1. The van der Waals surface area contributed by atoms with Gasteiger partial charge in [-0.1, -0.05) is 49.7 Å². The van der Waals surface area contributed by atoms with E-state index in [0.29, 0.717) is 12.0 Å². The van der Waals surface area contributed by atoms with Crippen LogP contribution in [0.3, 0.4) is 0 Å². The summed E-state index contributed by atoms with van der Waals surface area (Å²) < 4.78 is 11.5. The molecule has 2 atom stereocenters. The number of fused-ring (bicyclic) bond motifs is 2. The molecule has 2 unspecified atom stereocenters. The SMILES string of the molecule is CCCC1c2ccccc2CC1NCCCCOc1cccc2ccoc12. The number of ether oxygens (including phenoxy) is 1. The summed E-state index contributed by atoms with van der Waals surface area (Å²) >= 11 is 0. The van der Waals surface area contributed by atoms with E-state index in [1.165, 1.54) is 18.4 Å². The molecular formula is C24H29NO2. The van der Waals surface area contributed by atoms with Crippen molar-refractivity contribution in [3.63, 3.8) is 0 Å². The van der Waals surface area contributed by atoms with E-state index in [1.807, 2.05) is 24.3 Å². The van der Waals surface area contributed by atoms with Gasteiger partial charge in [-0.15, -0.1) is 0 Å². The number of para-hydroxylation sites is 1. The van der Waals surface area contributed by atoms with Gasteiger partial charge < -0.3 is 14.5 Å². The first-order valence-corrected chi connectivity index (χ1v) is 10.3. The lowest BCUT2D eigenvalue weighted by Crippen LogP contribution is -2.33. The molecule has 0 amide bonds. The number of nitrogens with one attached hydrogen (secondary N) is 1. The second-order valence-electron chi connectivity index (χ2n) is 7.51. The molecule has 3 heteroatoms. The third-order valence-corrected chi connectivity index (χ3v) is 5.66. The van der Waals surface area contributed by atoms with Gasteiger partial charge in [-0.2, -0.15) is 0 Å². The van der Waals surface area contributed by atoms with Crippen LogP contribution >= 0.6 is 0 Å². The van der Waals surface area contributed by atoms with Crippen LogP contribution in [-0.2, 0) is 6.42 Å². The van der Waals surface area contributed by atoms with E-state index in [2.05, 4.69) is 36.5 Å². The van der Waals surface area contributed by atoms with Crippen LogP contribution in [0.15, 0.2) is 59.2 Å². The summed E-state index contributed by atoms with van der Waals surface area (Å²) in [6, 6.07) is 17.6. The summed E-state index contributed by atoms with van der Waals surface area (Å²) in [5.74, 6) is 1.51. The lowest BCUT2D eigenvalue weighted by molar-refractivity contribution is 0.302. The Hall–Kier alpha value is -2.26. The van der Waals surface area contributed by atoms with Crippen LogP contribution in [0.1, 0.15) is 49.7 Å². The Morgan fingerprint density at radius 2 is 2.00 bits per heavy atom. The maximum atomic E-state index is 5.94. The summed E-state index contributed by atoms with van der Waals surface area (Å²) in [7, 11) is 0. The van der Waals surface area contributed by atoms with Gasteiger partial charge in [0.05, 0.1) is 12.9 Å². The van der Waals surface area contributed by atoms with Gasteiger partial charge in [0.15, 0.2) is 11.3 Å². The van der Waals surface area contributed by atoms with Gasteiger partial charge in [0.1, 0.15) is 0 Å². The second kappa shape index (κ2) is 8.62. The molecule has 4 rings (SSSR count). The number of furan rings is 1. The Bertz CT molecular complexity index is 869. The first-order chi connectivity index (χ1) is 13.4. The van der Waals surface area contributed by atoms with Crippen molar-refractivity contribution >= 4 is 11.0 Å². The lowest BCUT2D eigenvalue weighted by Gasteiger charge is -2.21. The van der Waals surface area contributed by atoms with E-state index in [9.17, 15) is 0 Å². The largest absolute Gasteiger partial charge is 0.490 e. The van der Waals surface area contributed by atoms with Crippen molar-refractivity contribution < 1.29 is 9.15 Å². The second-order valence-corrected chi connectivity index (χ2v) is 7.51. The van der Waals surface area contributed by atoms with Crippen LogP contribution in [0.25, 0.3) is 11.0 Å². The lowest BCUT2D eigenvalue weighted by atomic mass is 9.93. The van der Waals surface area contributed by atoms with Crippen molar-refractivity contribution in [3.8, 4) is 5.75 Å². The quantitative estimate of drug-likeness (QED) is 0.496. The summed E-state index contributed by atoms with van der Waals surface area (Å²) in [6.45, 7) is 4.06. The third kappa shape index (κ3) is 4.03. The molecule has 0 radical (unpaired) electrons. The Balaban J connectivity index is 1.22. The Labute approximate surface area is 161 Å². The van der Waals surface area contributed by atoms with Crippen LogP contribution in [0.5, 0.6) is 5.75 Å². The van der Waals surface area contributed by atoms with Crippen LogP contribution < -0.4 is 10.1 Å². The van der Waals surface area contributed by atoms with E-state index in [0.717, 1.165) is 49.1 Å². The molecule has 0 saturated carbocycles. The zero-order valence-electron chi connectivity index (χ0n) is 16.1. The van der Waals surface area contributed by atoms with Crippen LogP contribution in [0.2, 0.25) is 0 Å². The maximum Gasteiger partial charge on any atom is 0.175 e. The smallest absolute Gasteiger partial charge is 0.175 e. The predicted molar refractivity (Wildman–Crippen MR) is 111 cm³/mol. The highest BCUT2D eigenvalue weighted by molar-refractivity contribution is 5.82. The number of hydrogen-bond donors (Lipinski definition) is 1. The molecule has 0 bridgehead atoms. The highest BCUT2D eigenvalue weighted by atomic mass is 16.5. The molecule has 3 nitrogen and oxygen atoms in total. The molecule has 142 valence electrons. The molecule has 0 saturated heterocycles. The van der Waals surface area contributed by atoms with E-state index in [4.69, 9.17) is 9.15 Å². The molecule has 0 spiro atoms. The molecule has 2 aromatic carbocycles. The molecule has 1 aliphatic rings. The van der Waals surface area contributed by atoms with Gasteiger partial charge in [-0.25, -0.2) is 0 Å². The fourth-order valence-corrected chi connectivity index (χ4v) is 4.34. The van der Waals surface area contributed by atoms with E-state index < -0.39 is 0 Å². The molecule has 1 heterocycles. The standard InChI is InChI=1S/C24H29NO2/c1-2-8-21-20-11-4-3-9-19(20)17-22(21)25-14-5-6-15-26-23-12-7-10-18-13-16-27-24(18)23/h3-4,7,9-13,16,21-22,25H,2,5-6,8,14-15,17H2,1H3. The van der Waals surface area contributed by atoms with Crippen molar-refractivity contribution in [2.45, 2.75) is 51.0 Å². The van der Waals surface area contributed by atoms with Crippen molar-refractivity contribution in [1.82, 2.24) is 5.32 Å². The fraction of sp³-hybridized carbons (Fsp3) is 0.417. The minimum Gasteiger partial charge on any atom is -0.490 e. The molecule has 1 aliphatic carbocycles. The Morgan fingerprint density at radius 3 is 2.93 bits per heavy atom. The van der Waals surface area contributed by atoms with Crippen molar-refractivity contribution in [2.24, 2.45) is 0 Å². The summed E-state index contributed by atoms with van der Waals surface area (Å²) in [4.78, 5) is 0. The number of unbranched alkanes of at least 4 members (excludes halogenated alkanes) is 1. The first kappa shape index (κ1) is 18.1. The Morgan fingerprint density at radius 1 is 1.07 bits per heavy atom. The highest BCUT2D eigenvalue weighted by Crippen LogP contribution is 2.36. The van der Waals surface area contributed by atoms with Crippen LogP contribution in [0, 0.1) is 0 Å². The van der Waals surface area contributed by atoms with Gasteiger partial charge in [0.2, 0.25) is 0 Å². The van der Waals surface area contributed by atoms with Crippen LogP contribution in [0.4, 0.5) is 0 Å². The van der Waals surface area contributed by atoms with E-state index in [1.54, 1.807) is 11.8 Å². The van der Waals surface area contributed by atoms with Gasteiger partial charge in [0, 0.05) is 11.4 Å². The maximum absolute atomic E-state index is 5.94. The average molecular weight is 364 g/mol. The number of rotatable bonds is 9. The summed E-state index contributed by atoms with van der Waals surface area (Å²) in [5.41, 5.74) is 3.94. The van der Waals surface area contributed by atoms with Crippen LogP contribution in [-0.4, -0.2) is 19.2 Å². The van der Waals surface area contributed by atoms with E-state index >= 15 is 0 Å². The van der Waals surface area contributed by atoms with Crippen molar-refractivity contribution in [2.75, 3.05) is 13.2 Å². The minimum atomic E-state index is 0.583. The van der Waals surface area contributed by atoms with Gasteiger partial charge in [0.25, 0.3) is 0 Å². The molecule has 1 aromatic heterocycles. The normalized spacial score (nSPS) is 18.7. The topological polar surface area (TPSA) is 34.4 Å². The van der Waals surface area contributed by atoms with E-state index in [-0.39, 0.29) is 0 Å². The predicted octanol–water partition coefficient (Wildman–Crippen LogP) is 5.69. The summed E-state index contributed by atoms with van der Waals surface area (Å²) in [6.07, 6.45) is 7.56. The van der Waals surface area contributed by atoms with Crippen molar-refractivity contribution in [3.05, 3.63) is 65.9 Å². The van der Waals surface area contributed by atoms with Crippen molar-refractivity contribution in [1.29, 1.82) is 0 Å². The molecule has 3 aromatic rings. The van der Waals surface area contributed by atoms with Gasteiger partial charge in [-0.3, -0.25) is 0 Å². The number of hydrogen-bond acceptors (Lipinski definition) is 3. The number of benzene rings is 2. The van der Waals surface area contributed by atoms with Gasteiger partial charge in [-0.05, 0) is 61.4 Å².